The van der Waals surface area contributed by atoms with E-state index in [0.29, 0.717) is 16.9 Å². The molecular formula is C21H25NO6S. The Morgan fingerprint density at radius 3 is 2.34 bits per heavy atom. The lowest BCUT2D eigenvalue weighted by molar-refractivity contribution is 0.00744. The molecule has 29 heavy (non-hydrogen) atoms. The van der Waals surface area contributed by atoms with Crippen LogP contribution in [0.4, 0.5) is 5.00 Å². The minimum atomic E-state index is -0.696. The lowest BCUT2D eigenvalue weighted by Gasteiger charge is -2.19. The molecule has 2 aromatic rings. The molecule has 0 spiro atoms. The number of hydrogen-bond acceptors (Lipinski definition) is 7. The van der Waals surface area contributed by atoms with Gasteiger partial charge < -0.3 is 19.5 Å². The smallest absolute Gasteiger partial charge is 0.349 e. The molecule has 0 saturated carbocycles. The number of carbonyl (C=O) groups is 3. The van der Waals surface area contributed by atoms with E-state index in [9.17, 15) is 14.4 Å². The molecule has 0 bridgehead atoms. The molecule has 0 radical (unpaired) electrons. The van der Waals surface area contributed by atoms with E-state index in [1.54, 1.807) is 58.9 Å². The van der Waals surface area contributed by atoms with E-state index in [1.807, 2.05) is 0 Å². The summed E-state index contributed by atoms with van der Waals surface area (Å²) in [6.45, 7) is 8.73. The van der Waals surface area contributed by atoms with Crippen molar-refractivity contribution in [2.45, 2.75) is 40.2 Å². The van der Waals surface area contributed by atoms with Gasteiger partial charge in [-0.1, -0.05) is 12.1 Å². The average Bonchev–Trinajstić information content (AvgIpc) is 2.96. The van der Waals surface area contributed by atoms with Crippen molar-refractivity contribution in [2.24, 2.45) is 0 Å². The molecule has 1 N–H and O–H groups in total. The summed E-state index contributed by atoms with van der Waals surface area (Å²) in [6, 6.07) is 6.71. The molecule has 0 aliphatic heterocycles. The first-order valence-electron chi connectivity index (χ1n) is 9.07. The van der Waals surface area contributed by atoms with Crippen molar-refractivity contribution < 1.29 is 28.6 Å². The van der Waals surface area contributed by atoms with Crippen molar-refractivity contribution in [2.75, 3.05) is 19.0 Å². The normalized spacial score (nSPS) is 11.0. The number of benzene rings is 1. The number of rotatable bonds is 6. The SMILES string of the molecule is CCOC(=O)c1c(NC(=O)c2ccccc2OC)sc(C(=O)OC(C)(C)C)c1C. The maximum Gasteiger partial charge on any atom is 0.349 e. The summed E-state index contributed by atoms with van der Waals surface area (Å²) in [5.41, 5.74) is 0.145. The van der Waals surface area contributed by atoms with Gasteiger partial charge in [0.05, 0.1) is 24.8 Å². The highest BCUT2D eigenvalue weighted by molar-refractivity contribution is 7.18. The molecule has 7 nitrogen and oxygen atoms in total. The van der Waals surface area contributed by atoms with Gasteiger partial charge in [0.15, 0.2) is 0 Å². The van der Waals surface area contributed by atoms with Gasteiger partial charge in [-0.2, -0.15) is 0 Å². The van der Waals surface area contributed by atoms with Crippen LogP contribution < -0.4 is 10.1 Å². The molecular weight excluding hydrogens is 394 g/mol. The number of anilines is 1. The van der Waals surface area contributed by atoms with E-state index in [2.05, 4.69) is 5.32 Å². The van der Waals surface area contributed by atoms with E-state index in [1.165, 1.54) is 7.11 Å². The number of esters is 2. The third kappa shape index (κ3) is 5.35. The van der Waals surface area contributed by atoms with Gasteiger partial charge in [0.1, 0.15) is 21.2 Å². The molecule has 1 aromatic carbocycles. The highest BCUT2D eigenvalue weighted by Gasteiger charge is 2.29. The third-order valence-corrected chi connectivity index (χ3v) is 4.98. The van der Waals surface area contributed by atoms with E-state index < -0.39 is 23.4 Å². The van der Waals surface area contributed by atoms with Crippen molar-refractivity contribution >= 4 is 34.2 Å². The summed E-state index contributed by atoms with van der Waals surface area (Å²) >= 11 is 0.977. The Labute approximate surface area is 174 Å². The topological polar surface area (TPSA) is 90.9 Å². The van der Waals surface area contributed by atoms with Crippen LogP contribution in [0.5, 0.6) is 5.75 Å². The number of para-hydroxylation sites is 1. The summed E-state index contributed by atoms with van der Waals surface area (Å²) < 4.78 is 15.8. The van der Waals surface area contributed by atoms with Crippen molar-refractivity contribution in [3.63, 3.8) is 0 Å². The van der Waals surface area contributed by atoms with Crippen molar-refractivity contribution in [3.8, 4) is 5.75 Å². The van der Waals surface area contributed by atoms with Gasteiger partial charge >= 0.3 is 11.9 Å². The summed E-state index contributed by atoms with van der Waals surface area (Å²) in [5.74, 6) is -1.26. The van der Waals surface area contributed by atoms with Gasteiger partial charge in [-0.05, 0) is 52.3 Å². The Bertz CT molecular complexity index is 926. The number of hydrogen-bond donors (Lipinski definition) is 1. The van der Waals surface area contributed by atoms with Crippen LogP contribution in [0.2, 0.25) is 0 Å². The Morgan fingerprint density at radius 1 is 1.10 bits per heavy atom. The van der Waals surface area contributed by atoms with Crippen molar-refractivity contribution in [1.82, 2.24) is 0 Å². The van der Waals surface area contributed by atoms with E-state index in [-0.39, 0.29) is 22.0 Å². The molecule has 0 atom stereocenters. The molecule has 0 aliphatic rings. The molecule has 0 aliphatic carbocycles. The second-order valence-electron chi connectivity index (χ2n) is 7.14. The van der Waals surface area contributed by atoms with Crippen LogP contribution in [0.25, 0.3) is 0 Å². The van der Waals surface area contributed by atoms with E-state index >= 15 is 0 Å². The van der Waals surface area contributed by atoms with Gasteiger partial charge in [-0.25, -0.2) is 9.59 Å². The van der Waals surface area contributed by atoms with Gasteiger partial charge in [-0.3, -0.25) is 4.79 Å². The number of carbonyl (C=O) groups excluding carboxylic acids is 3. The maximum atomic E-state index is 12.8. The number of ether oxygens (including phenoxy) is 3. The van der Waals surface area contributed by atoms with Crippen LogP contribution in [0.1, 0.15) is 63.6 Å². The lowest BCUT2D eigenvalue weighted by atomic mass is 10.1. The molecule has 0 saturated heterocycles. The van der Waals surface area contributed by atoms with Crippen LogP contribution in [-0.2, 0) is 9.47 Å². The average molecular weight is 419 g/mol. The summed E-state index contributed by atoms with van der Waals surface area (Å²) in [6.07, 6.45) is 0. The van der Waals surface area contributed by atoms with Gasteiger partial charge in [0.25, 0.3) is 5.91 Å². The third-order valence-electron chi connectivity index (χ3n) is 3.79. The summed E-state index contributed by atoms with van der Waals surface area (Å²) in [5, 5.41) is 2.93. The summed E-state index contributed by atoms with van der Waals surface area (Å²) in [4.78, 5) is 38.1. The number of amides is 1. The van der Waals surface area contributed by atoms with Gasteiger partial charge in [-0.15, -0.1) is 11.3 Å². The highest BCUT2D eigenvalue weighted by atomic mass is 32.1. The second-order valence-corrected chi connectivity index (χ2v) is 8.16. The first-order chi connectivity index (χ1) is 13.6. The minimum absolute atomic E-state index is 0.140. The van der Waals surface area contributed by atoms with Crippen molar-refractivity contribution in [1.29, 1.82) is 0 Å². The molecule has 156 valence electrons. The van der Waals surface area contributed by atoms with Crippen molar-refractivity contribution in [3.05, 3.63) is 45.8 Å². The fraction of sp³-hybridized carbons (Fsp3) is 0.381. The van der Waals surface area contributed by atoms with Crippen LogP contribution in [0.3, 0.4) is 0 Å². The predicted octanol–water partition coefficient (Wildman–Crippen LogP) is 4.45. The molecule has 8 heteroatoms. The molecule has 1 aromatic heterocycles. The number of nitrogens with one attached hydrogen (secondary N) is 1. The second kappa shape index (κ2) is 9.09. The largest absolute Gasteiger partial charge is 0.496 e. The molecule has 0 unspecified atom stereocenters. The standard InChI is InChI=1S/C21H25NO6S/c1-7-27-19(24)15-12(2)16(20(25)28-21(3,4)5)29-18(15)22-17(23)13-10-8-9-11-14(13)26-6/h8-11H,7H2,1-6H3,(H,22,23). The van der Waals surface area contributed by atoms with Gasteiger partial charge in [0.2, 0.25) is 0 Å². The Morgan fingerprint density at radius 2 is 1.76 bits per heavy atom. The number of thiophene rings is 1. The molecule has 1 amide bonds. The van der Waals surface area contributed by atoms with Crippen LogP contribution in [0, 0.1) is 6.92 Å². The molecule has 2 rings (SSSR count). The Kier molecular flexibility index (Phi) is 7.02. The fourth-order valence-electron chi connectivity index (χ4n) is 2.57. The monoisotopic (exact) mass is 419 g/mol. The maximum absolute atomic E-state index is 12.8. The minimum Gasteiger partial charge on any atom is -0.496 e. The van der Waals surface area contributed by atoms with Gasteiger partial charge in [0, 0.05) is 0 Å². The predicted molar refractivity (Wildman–Crippen MR) is 111 cm³/mol. The van der Waals surface area contributed by atoms with Crippen LogP contribution in [-0.4, -0.2) is 37.2 Å². The zero-order valence-corrected chi connectivity index (χ0v) is 18.2. The zero-order valence-electron chi connectivity index (χ0n) is 17.4. The molecule has 0 fully saturated rings. The van der Waals surface area contributed by atoms with Crippen LogP contribution >= 0.6 is 11.3 Å². The quantitative estimate of drug-likeness (QED) is 0.696. The number of methoxy groups -OCH3 is 1. The Hall–Kier alpha value is -2.87. The van der Waals surface area contributed by atoms with E-state index in [0.717, 1.165) is 11.3 Å². The fourth-order valence-corrected chi connectivity index (χ4v) is 3.64. The molecule has 1 heterocycles. The summed E-state index contributed by atoms with van der Waals surface area (Å²) in [7, 11) is 1.46. The van der Waals surface area contributed by atoms with Crippen LogP contribution in [0.15, 0.2) is 24.3 Å². The first kappa shape index (κ1) is 22.4. The Balaban J connectivity index is 2.46. The lowest BCUT2D eigenvalue weighted by Crippen LogP contribution is -2.23. The zero-order chi connectivity index (χ0) is 21.8. The highest BCUT2D eigenvalue weighted by Crippen LogP contribution is 2.35. The van der Waals surface area contributed by atoms with E-state index in [4.69, 9.17) is 14.2 Å². The first-order valence-corrected chi connectivity index (χ1v) is 9.88.